The van der Waals surface area contributed by atoms with Gasteiger partial charge in [0.2, 0.25) is 11.8 Å². The first kappa shape index (κ1) is 23.8. The van der Waals surface area contributed by atoms with Gasteiger partial charge in [-0.25, -0.2) is 0 Å². The van der Waals surface area contributed by atoms with Crippen molar-refractivity contribution >= 4 is 17.7 Å². The van der Waals surface area contributed by atoms with Crippen LogP contribution >= 0.6 is 0 Å². The van der Waals surface area contributed by atoms with Crippen LogP contribution in [0.4, 0.5) is 0 Å². The van der Waals surface area contributed by atoms with Crippen molar-refractivity contribution < 1.29 is 19.1 Å². The summed E-state index contributed by atoms with van der Waals surface area (Å²) in [6, 6.07) is 9.50. The standard InChI is InChI=1S/C25H33N5O4/c1-28-17-20(16-26-28)24(32)27-21-9-13-29(14-10-21)25(33)19-6-5-12-30(18-19)23(31)11-15-34-22-7-3-2-4-8-22/h2-4,7-8,16-17,19,21H,5-6,9-15,18H2,1H3,(H,27,32). The first-order valence-electron chi connectivity index (χ1n) is 12.0. The number of nitrogens with one attached hydrogen (secondary N) is 1. The quantitative estimate of drug-likeness (QED) is 0.670. The van der Waals surface area contributed by atoms with E-state index in [2.05, 4.69) is 10.4 Å². The van der Waals surface area contributed by atoms with Crippen LogP contribution in [0.25, 0.3) is 0 Å². The maximum atomic E-state index is 13.1. The smallest absolute Gasteiger partial charge is 0.254 e. The molecule has 0 radical (unpaired) electrons. The fourth-order valence-corrected chi connectivity index (χ4v) is 4.65. The second-order valence-electron chi connectivity index (χ2n) is 9.07. The number of carbonyl (C=O) groups is 3. The molecule has 1 aromatic carbocycles. The molecule has 0 bridgehead atoms. The first-order chi connectivity index (χ1) is 16.5. The van der Waals surface area contributed by atoms with Gasteiger partial charge in [-0.2, -0.15) is 5.10 Å². The van der Waals surface area contributed by atoms with Gasteiger partial charge in [-0.3, -0.25) is 19.1 Å². The number of benzene rings is 1. The van der Waals surface area contributed by atoms with Crippen molar-refractivity contribution in [3.05, 3.63) is 48.3 Å². The zero-order valence-electron chi connectivity index (χ0n) is 19.7. The monoisotopic (exact) mass is 467 g/mol. The first-order valence-corrected chi connectivity index (χ1v) is 12.0. The van der Waals surface area contributed by atoms with E-state index in [1.165, 1.54) is 0 Å². The van der Waals surface area contributed by atoms with E-state index in [1.54, 1.807) is 29.0 Å². The molecule has 0 spiro atoms. The average molecular weight is 468 g/mol. The summed E-state index contributed by atoms with van der Waals surface area (Å²) >= 11 is 0. The minimum absolute atomic E-state index is 0.0326. The van der Waals surface area contributed by atoms with Gasteiger partial charge in [0.1, 0.15) is 5.75 Å². The Bertz CT molecular complexity index is 984. The van der Waals surface area contributed by atoms with Crippen LogP contribution in [0, 0.1) is 5.92 Å². The zero-order chi connectivity index (χ0) is 23.9. The molecule has 0 saturated carbocycles. The number of aryl methyl sites for hydroxylation is 1. The number of hydrogen-bond donors (Lipinski definition) is 1. The van der Waals surface area contributed by atoms with E-state index in [1.807, 2.05) is 35.2 Å². The van der Waals surface area contributed by atoms with Crippen molar-refractivity contribution in [3.8, 4) is 5.75 Å². The van der Waals surface area contributed by atoms with Crippen LogP contribution in [0.3, 0.4) is 0 Å². The minimum Gasteiger partial charge on any atom is -0.493 e. The average Bonchev–Trinajstić information content (AvgIpc) is 3.31. The van der Waals surface area contributed by atoms with Crippen LogP contribution in [0.5, 0.6) is 5.75 Å². The lowest BCUT2D eigenvalue weighted by molar-refractivity contribution is -0.141. The maximum Gasteiger partial charge on any atom is 0.254 e. The van der Waals surface area contributed by atoms with Gasteiger partial charge in [0.25, 0.3) is 5.91 Å². The summed E-state index contributed by atoms with van der Waals surface area (Å²) in [6.45, 7) is 2.73. The second-order valence-corrected chi connectivity index (χ2v) is 9.07. The molecule has 1 atom stereocenters. The molecule has 2 saturated heterocycles. The van der Waals surface area contributed by atoms with Gasteiger partial charge in [-0.05, 0) is 37.8 Å². The van der Waals surface area contributed by atoms with Gasteiger partial charge in [-0.1, -0.05) is 18.2 Å². The highest BCUT2D eigenvalue weighted by molar-refractivity contribution is 5.93. The molecule has 2 fully saturated rings. The molecular formula is C25H33N5O4. The van der Waals surface area contributed by atoms with E-state index in [0.717, 1.165) is 31.4 Å². The predicted octanol–water partition coefficient (Wildman–Crippen LogP) is 1.85. The van der Waals surface area contributed by atoms with Crippen LogP contribution in [0.15, 0.2) is 42.7 Å². The Labute approximate surface area is 200 Å². The minimum atomic E-state index is -0.158. The summed E-state index contributed by atoms with van der Waals surface area (Å²) in [4.78, 5) is 41.9. The number of carbonyl (C=O) groups excluding carboxylic acids is 3. The number of para-hydroxylation sites is 1. The summed E-state index contributed by atoms with van der Waals surface area (Å²) in [7, 11) is 1.78. The third-order valence-electron chi connectivity index (χ3n) is 6.56. The molecular weight excluding hydrogens is 434 g/mol. The summed E-state index contributed by atoms with van der Waals surface area (Å²) in [5.41, 5.74) is 0.544. The molecule has 2 aliphatic rings. The molecule has 1 aromatic heterocycles. The molecule has 2 aromatic rings. The molecule has 3 amide bonds. The zero-order valence-corrected chi connectivity index (χ0v) is 19.7. The Morgan fingerprint density at radius 1 is 1.06 bits per heavy atom. The maximum absolute atomic E-state index is 13.1. The lowest BCUT2D eigenvalue weighted by atomic mass is 9.94. The fourth-order valence-electron chi connectivity index (χ4n) is 4.65. The van der Waals surface area contributed by atoms with E-state index in [-0.39, 0.29) is 29.7 Å². The van der Waals surface area contributed by atoms with E-state index in [0.29, 0.717) is 44.8 Å². The number of ether oxygens (including phenoxy) is 1. The predicted molar refractivity (Wildman–Crippen MR) is 126 cm³/mol. The van der Waals surface area contributed by atoms with Crippen LogP contribution in [-0.2, 0) is 16.6 Å². The van der Waals surface area contributed by atoms with E-state index >= 15 is 0 Å². The van der Waals surface area contributed by atoms with Crippen molar-refractivity contribution in [1.82, 2.24) is 24.9 Å². The molecule has 2 aliphatic heterocycles. The Balaban J connectivity index is 1.20. The Morgan fingerprint density at radius 3 is 2.53 bits per heavy atom. The number of hydrogen-bond acceptors (Lipinski definition) is 5. The summed E-state index contributed by atoms with van der Waals surface area (Å²) in [5, 5.41) is 7.08. The number of aromatic nitrogens is 2. The Kier molecular flexibility index (Phi) is 7.82. The molecule has 9 heteroatoms. The summed E-state index contributed by atoms with van der Waals surface area (Å²) < 4.78 is 7.25. The normalized spacial score (nSPS) is 19.0. The second kappa shape index (κ2) is 11.2. The van der Waals surface area contributed by atoms with Gasteiger partial charge in [0.15, 0.2) is 0 Å². The number of likely N-dealkylation sites (tertiary alicyclic amines) is 2. The fraction of sp³-hybridized carbons (Fsp3) is 0.520. The molecule has 1 N–H and O–H groups in total. The van der Waals surface area contributed by atoms with Gasteiger partial charge < -0.3 is 19.9 Å². The Morgan fingerprint density at radius 2 is 1.82 bits per heavy atom. The number of nitrogens with zero attached hydrogens (tertiary/aromatic N) is 4. The van der Waals surface area contributed by atoms with Crippen LogP contribution < -0.4 is 10.1 Å². The summed E-state index contributed by atoms with van der Waals surface area (Å²) in [6.07, 6.45) is 6.64. The highest BCUT2D eigenvalue weighted by Gasteiger charge is 2.33. The van der Waals surface area contributed by atoms with Crippen molar-refractivity contribution in [1.29, 1.82) is 0 Å². The molecule has 1 unspecified atom stereocenters. The highest BCUT2D eigenvalue weighted by atomic mass is 16.5. The van der Waals surface area contributed by atoms with Gasteiger partial charge >= 0.3 is 0 Å². The number of rotatable bonds is 7. The van der Waals surface area contributed by atoms with Crippen molar-refractivity contribution in [3.63, 3.8) is 0 Å². The third-order valence-corrected chi connectivity index (χ3v) is 6.56. The van der Waals surface area contributed by atoms with Crippen molar-refractivity contribution in [2.45, 2.75) is 38.1 Å². The van der Waals surface area contributed by atoms with Gasteiger partial charge in [0.05, 0.1) is 30.7 Å². The SMILES string of the molecule is Cn1cc(C(=O)NC2CCN(C(=O)C3CCCN(C(=O)CCOc4ccccc4)C3)CC2)cn1. The number of piperidine rings is 2. The molecule has 34 heavy (non-hydrogen) atoms. The van der Waals surface area contributed by atoms with Gasteiger partial charge in [-0.15, -0.1) is 0 Å². The van der Waals surface area contributed by atoms with Crippen molar-refractivity contribution in [2.24, 2.45) is 13.0 Å². The van der Waals surface area contributed by atoms with Crippen LogP contribution in [0.1, 0.15) is 42.5 Å². The molecule has 0 aliphatic carbocycles. The van der Waals surface area contributed by atoms with E-state index in [4.69, 9.17) is 4.74 Å². The number of amides is 3. The lowest BCUT2D eigenvalue weighted by Gasteiger charge is -2.38. The largest absolute Gasteiger partial charge is 0.493 e. The van der Waals surface area contributed by atoms with E-state index < -0.39 is 0 Å². The molecule has 182 valence electrons. The molecule has 3 heterocycles. The topological polar surface area (TPSA) is 96.8 Å². The van der Waals surface area contributed by atoms with Crippen LogP contribution in [0.2, 0.25) is 0 Å². The Hall–Kier alpha value is -3.36. The third kappa shape index (κ3) is 6.15. The van der Waals surface area contributed by atoms with Crippen LogP contribution in [-0.4, -0.2) is 76.1 Å². The molecule has 4 rings (SSSR count). The van der Waals surface area contributed by atoms with E-state index in [9.17, 15) is 14.4 Å². The molecule has 9 nitrogen and oxygen atoms in total. The lowest BCUT2D eigenvalue weighted by Crippen LogP contribution is -2.51. The van der Waals surface area contributed by atoms with Crippen molar-refractivity contribution in [2.75, 3.05) is 32.8 Å². The summed E-state index contributed by atoms with van der Waals surface area (Å²) in [5.74, 6) is 0.618. The van der Waals surface area contributed by atoms with Gasteiger partial charge in [0, 0.05) is 45.5 Å². The highest BCUT2D eigenvalue weighted by Crippen LogP contribution is 2.22.